The van der Waals surface area contributed by atoms with E-state index in [9.17, 15) is 4.55 Å². The maximum atomic E-state index is 12.2. The predicted molar refractivity (Wildman–Crippen MR) is 87.9 cm³/mol. The molecule has 0 fully saturated rings. The molecule has 0 aromatic heterocycles. The molecule has 0 amide bonds. The lowest BCUT2D eigenvalue weighted by molar-refractivity contribution is 0.510. The molecule has 0 spiro atoms. The fourth-order valence-corrected chi connectivity index (χ4v) is 2.86. The van der Waals surface area contributed by atoms with Crippen molar-refractivity contribution in [2.45, 2.75) is 44.4 Å². The first-order chi connectivity index (χ1) is 8.84. The summed E-state index contributed by atoms with van der Waals surface area (Å²) < 4.78 is 16.2. The van der Waals surface area contributed by atoms with Crippen molar-refractivity contribution >= 4 is 38.9 Å². The molecule has 19 heavy (non-hydrogen) atoms. The van der Waals surface area contributed by atoms with Gasteiger partial charge in [0.1, 0.15) is 4.75 Å². The highest BCUT2D eigenvalue weighted by Gasteiger charge is 2.29. The van der Waals surface area contributed by atoms with Gasteiger partial charge in [0, 0.05) is 21.7 Å². The van der Waals surface area contributed by atoms with Crippen LogP contribution in [0.3, 0.4) is 0 Å². The molecule has 0 radical (unpaired) electrons. The van der Waals surface area contributed by atoms with Crippen LogP contribution in [0.25, 0.3) is 0 Å². The van der Waals surface area contributed by atoms with Crippen LogP contribution in [0.4, 0.5) is 0 Å². The van der Waals surface area contributed by atoms with Crippen molar-refractivity contribution in [1.29, 1.82) is 0 Å². The lowest BCUT2D eigenvalue weighted by atomic mass is 10.0. The summed E-state index contributed by atoms with van der Waals surface area (Å²) in [7, 11) is 0. The lowest BCUT2D eigenvalue weighted by Gasteiger charge is -2.28. The van der Waals surface area contributed by atoms with E-state index in [1.165, 1.54) is 0 Å². The summed E-state index contributed by atoms with van der Waals surface area (Å²) in [5, 5.41) is 0. The third-order valence-corrected chi connectivity index (χ3v) is 5.11. The topological polar surface area (TPSA) is 35.1 Å². The molecular weight excluding hydrogens is 346 g/mol. The van der Waals surface area contributed by atoms with E-state index in [0.29, 0.717) is 5.88 Å². The normalized spacial score (nSPS) is 15.3. The van der Waals surface area contributed by atoms with Crippen LogP contribution >= 0.6 is 27.5 Å². The Labute approximate surface area is 132 Å². The van der Waals surface area contributed by atoms with Crippen molar-refractivity contribution in [3.05, 3.63) is 34.3 Å². The molecule has 0 bridgehead atoms. The van der Waals surface area contributed by atoms with Crippen molar-refractivity contribution < 1.29 is 4.55 Å². The zero-order chi connectivity index (χ0) is 14.5. The van der Waals surface area contributed by atoms with Crippen molar-refractivity contribution in [3.8, 4) is 0 Å². The molecular formula is C14H21BrClNOS. The van der Waals surface area contributed by atoms with Crippen molar-refractivity contribution in [2.75, 3.05) is 5.88 Å². The summed E-state index contributed by atoms with van der Waals surface area (Å²) in [6.45, 7) is 5.91. The first-order valence-corrected chi connectivity index (χ1v) is 8.82. The standard InChI is InChI=1S/C14H21BrClNOS/c1-14(2,3)19(18)17-13(5-4-10-16)11-6-8-12(15)9-7-11/h6-9,13,17H,4-5,10H2,1-3H3/t13-,19?/m1/s1. The van der Waals surface area contributed by atoms with E-state index in [1.807, 2.05) is 32.9 Å². The molecule has 1 aromatic rings. The van der Waals surface area contributed by atoms with Crippen molar-refractivity contribution in [1.82, 2.24) is 4.72 Å². The van der Waals surface area contributed by atoms with Gasteiger partial charge in [-0.2, -0.15) is 0 Å². The molecule has 1 N–H and O–H groups in total. The summed E-state index contributed by atoms with van der Waals surface area (Å²) in [4.78, 5) is 0. The van der Waals surface area contributed by atoms with Crippen LogP contribution in [-0.2, 0) is 11.4 Å². The summed E-state index contributed by atoms with van der Waals surface area (Å²) in [5.41, 5.74) is 1.14. The molecule has 0 saturated carbocycles. The first-order valence-electron chi connectivity index (χ1n) is 6.34. The SMILES string of the molecule is CC(C)(C)[S+]([O-])N[C@H](CCCCl)c1ccc(Br)cc1. The molecule has 0 aliphatic carbocycles. The van der Waals surface area contributed by atoms with Crippen LogP contribution in [0.2, 0.25) is 0 Å². The number of nitrogens with one attached hydrogen (secondary N) is 1. The molecule has 1 rings (SSSR count). The van der Waals surface area contributed by atoms with Crippen LogP contribution in [-0.4, -0.2) is 15.2 Å². The van der Waals surface area contributed by atoms with E-state index in [4.69, 9.17) is 11.6 Å². The molecule has 2 nitrogen and oxygen atoms in total. The fraction of sp³-hybridized carbons (Fsp3) is 0.571. The Balaban J connectivity index is 2.79. The molecule has 1 unspecified atom stereocenters. The average molecular weight is 367 g/mol. The molecule has 0 aliphatic heterocycles. The second kappa shape index (κ2) is 7.89. The Kier molecular flexibility index (Phi) is 7.19. The van der Waals surface area contributed by atoms with Gasteiger partial charge in [-0.1, -0.05) is 28.1 Å². The van der Waals surface area contributed by atoms with Crippen molar-refractivity contribution in [3.63, 3.8) is 0 Å². The van der Waals surface area contributed by atoms with Crippen LogP contribution in [0.5, 0.6) is 0 Å². The summed E-state index contributed by atoms with van der Waals surface area (Å²) in [5.74, 6) is 0.622. The van der Waals surface area contributed by atoms with Gasteiger partial charge >= 0.3 is 0 Å². The van der Waals surface area contributed by atoms with Crippen LogP contribution in [0.15, 0.2) is 28.7 Å². The highest BCUT2D eigenvalue weighted by atomic mass is 79.9. The highest BCUT2D eigenvalue weighted by molar-refractivity contribution is 9.10. The third-order valence-electron chi connectivity index (χ3n) is 2.70. The van der Waals surface area contributed by atoms with Gasteiger partial charge < -0.3 is 4.55 Å². The monoisotopic (exact) mass is 365 g/mol. The predicted octanol–water partition coefficient (Wildman–Crippen LogP) is 4.56. The number of rotatable bonds is 6. The van der Waals surface area contributed by atoms with Gasteiger partial charge in [0.15, 0.2) is 0 Å². The quantitative estimate of drug-likeness (QED) is 0.591. The Hall–Kier alpha value is 0.260. The number of alkyl halides is 1. The van der Waals surface area contributed by atoms with E-state index in [1.54, 1.807) is 0 Å². The van der Waals surface area contributed by atoms with E-state index in [0.717, 1.165) is 22.9 Å². The van der Waals surface area contributed by atoms with Gasteiger partial charge in [0.2, 0.25) is 0 Å². The molecule has 108 valence electrons. The van der Waals surface area contributed by atoms with Gasteiger partial charge in [-0.3, -0.25) is 0 Å². The Morgan fingerprint density at radius 3 is 2.37 bits per heavy atom. The Bertz CT molecular complexity index is 380. The summed E-state index contributed by atoms with van der Waals surface area (Å²) >= 11 is 8.12. The second-order valence-corrected chi connectivity index (χ2v) is 8.73. The smallest absolute Gasteiger partial charge is 0.136 e. The van der Waals surface area contributed by atoms with Crippen LogP contribution in [0, 0.1) is 0 Å². The largest absolute Gasteiger partial charge is 0.598 e. The second-order valence-electron chi connectivity index (χ2n) is 5.43. The van der Waals surface area contributed by atoms with Crippen LogP contribution in [0.1, 0.15) is 45.2 Å². The maximum Gasteiger partial charge on any atom is 0.136 e. The number of hydrogen-bond donors (Lipinski definition) is 1. The highest BCUT2D eigenvalue weighted by Crippen LogP contribution is 2.25. The molecule has 2 atom stereocenters. The third kappa shape index (κ3) is 6.05. The average Bonchev–Trinajstić information content (AvgIpc) is 2.34. The minimum Gasteiger partial charge on any atom is -0.598 e. The first kappa shape index (κ1) is 17.3. The lowest BCUT2D eigenvalue weighted by Crippen LogP contribution is -2.41. The number of benzene rings is 1. The molecule has 0 saturated heterocycles. The number of halogens is 2. The van der Waals surface area contributed by atoms with Gasteiger partial charge in [-0.05, 0) is 51.3 Å². The van der Waals surface area contributed by atoms with Crippen molar-refractivity contribution in [2.24, 2.45) is 0 Å². The Morgan fingerprint density at radius 2 is 1.89 bits per heavy atom. The molecule has 1 aromatic carbocycles. The van der Waals surface area contributed by atoms with Gasteiger partial charge in [-0.25, -0.2) is 0 Å². The fourth-order valence-electron chi connectivity index (χ4n) is 1.58. The van der Waals surface area contributed by atoms with Gasteiger partial charge in [0.25, 0.3) is 0 Å². The van der Waals surface area contributed by atoms with Crippen LogP contribution < -0.4 is 4.72 Å². The minimum absolute atomic E-state index is 0.0758. The molecule has 5 heteroatoms. The van der Waals surface area contributed by atoms with Gasteiger partial charge in [-0.15, -0.1) is 16.3 Å². The summed E-state index contributed by atoms with van der Waals surface area (Å²) in [6.07, 6.45) is 1.78. The van der Waals surface area contributed by atoms with Gasteiger partial charge in [0.05, 0.1) is 6.04 Å². The van der Waals surface area contributed by atoms with E-state index >= 15 is 0 Å². The summed E-state index contributed by atoms with van der Waals surface area (Å²) in [6, 6.07) is 8.19. The molecule has 0 heterocycles. The minimum atomic E-state index is -1.08. The molecule has 0 aliphatic rings. The van der Waals surface area contributed by atoms with E-state index in [2.05, 4.69) is 32.8 Å². The Morgan fingerprint density at radius 1 is 1.32 bits per heavy atom. The van der Waals surface area contributed by atoms with E-state index in [-0.39, 0.29) is 10.8 Å². The maximum absolute atomic E-state index is 12.2. The number of hydrogen-bond acceptors (Lipinski definition) is 2. The zero-order valence-corrected chi connectivity index (χ0v) is 14.7. The van der Waals surface area contributed by atoms with E-state index < -0.39 is 11.4 Å². The zero-order valence-electron chi connectivity index (χ0n) is 11.6.